The molecule has 0 spiro atoms. The zero-order valence-electron chi connectivity index (χ0n) is 38.9. The van der Waals surface area contributed by atoms with Gasteiger partial charge in [-0.1, -0.05) is 189 Å². The van der Waals surface area contributed by atoms with Gasteiger partial charge in [0.25, 0.3) is 0 Å². The predicted molar refractivity (Wildman–Crippen MR) is 256 cm³/mol. The maximum atomic E-state index is 12.7. The fourth-order valence-corrected chi connectivity index (χ4v) is 6.41. The van der Waals surface area contributed by atoms with Crippen LogP contribution >= 0.6 is 0 Å². The summed E-state index contributed by atoms with van der Waals surface area (Å²) in [6.07, 6.45) is 61.5. The van der Waals surface area contributed by atoms with E-state index in [0.29, 0.717) is 19.3 Å². The van der Waals surface area contributed by atoms with E-state index >= 15 is 0 Å². The third kappa shape index (κ3) is 45.7. The Morgan fingerprint density at radius 1 is 0.350 bits per heavy atom. The summed E-state index contributed by atoms with van der Waals surface area (Å²) < 4.78 is 16.7. The summed E-state index contributed by atoms with van der Waals surface area (Å²) in [4.78, 5) is 37.8. The van der Waals surface area contributed by atoms with Crippen molar-refractivity contribution in [3.8, 4) is 0 Å². The zero-order chi connectivity index (χ0) is 43.7. The highest BCUT2D eigenvalue weighted by Gasteiger charge is 2.19. The quantitative estimate of drug-likeness (QED) is 0.0263. The third-order valence-corrected chi connectivity index (χ3v) is 10.1. The molecule has 1 atom stereocenters. The zero-order valence-corrected chi connectivity index (χ0v) is 38.9. The van der Waals surface area contributed by atoms with Crippen LogP contribution in [0.5, 0.6) is 0 Å². The van der Waals surface area contributed by atoms with E-state index in [-0.39, 0.29) is 31.6 Å². The Morgan fingerprint density at radius 3 is 1.15 bits per heavy atom. The second-order valence-electron chi connectivity index (χ2n) is 16.0. The lowest BCUT2D eigenvalue weighted by Crippen LogP contribution is -2.30. The molecule has 0 aliphatic heterocycles. The van der Waals surface area contributed by atoms with Crippen LogP contribution in [-0.2, 0) is 28.6 Å². The van der Waals surface area contributed by atoms with E-state index in [1.807, 2.05) is 12.2 Å². The average molecular weight is 835 g/mol. The maximum absolute atomic E-state index is 12.7. The van der Waals surface area contributed by atoms with Gasteiger partial charge in [0, 0.05) is 19.3 Å². The van der Waals surface area contributed by atoms with Crippen molar-refractivity contribution >= 4 is 17.9 Å². The van der Waals surface area contributed by atoms with Gasteiger partial charge in [0.1, 0.15) is 13.2 Å². The van der Waals surface area contributed by atoms with E-state index in [1.54, 1.807) is 0 Å². The van der Waals surface area contributed by atoms with Crippen LogP contribution in [-0.4, -0.2) is 37.2 Å². The van der Waals surface area contributed by atoms with E-state index in [9.17, 15) is 14.4 Å². The number of carbonyl (C=O) groups excluding carboxylic acids is 3. The summed E-state index contributed by atoms with van der Waals surface area (Å²) in [6.45, 7) is 6.38. The number of carbonyl (C=O) groups is 3. The molecule has 0 heterocycles. The number of rotatable bonds is 43. The van der Waals surface area contributed by atoms with Gasteiger partial charge in [-0.05, 0) is 96.3 Å². The Balaban J connectivity index is 4.46. The highest BCUT2D eigenvalue weighted by atomic mass is 16.6. The average Bonchev–Trinajstić information content (AvgIpc) is 3.24. The number of ether oxygens (including phenoxy) is 3. The summed E-state index contributed by atoms with van der Waals surface area (Å²) in [5.41, 5.74) is 0. The Hall–Kier alpha value is -3.41. The highest BCUT2D eigenvalue weighted by molar-refractivity contribution is 5.71. The van der Waals surface area contributed by atoms with Crippen molar-refractivity contribution in [1.29, 1.82) is 0 Å². The lowest BCUT2D eigenvalue weighted by atomic mass is 10.1. The SMILES string of the molecule is CC/C=C\C/C=C\C/C=C\C/C=C\CCC(=O)OC(COC(=O)CCCCCCC/C=C\CCCC)COC(=O)CCCCCCCCC/C=C\C/C=C\CCCCCC. The van der Waals surface area contributed by atoms with E-state index in [1.165, 1.54) is 83.5 Å². The number of hydrogen-bond donors (Lipinski definition) is 0. The molecule has 342 valence electrons. The lowest BCUT2D eigenvalue weighted by Gasteiger charge is -2.18. The minimum absolute atomic E-state index is 0.113. The van der Waals surface area contributed by atoms with Crippen molar-refractivity contribution in [3.05, 3.63) is 85.1 Å². The first kappa shape index (κ1) is 56.6. The minimum atomic E-state index is -0.820. The molecule has 0 aliphatic rings. The number of allylic oxidation sites excluding steroid dienone is 14. The molecule has 0 aromatic heterocycles. The van der Waals surface area contributed by atoms with Crippen molar-refractivity contribution in [2.45, 2.75) is 226 Å². The minimum Gasteiger partial charge on any atom is -0.462 e. The molecule has 0 amide bonds. The summed E-state index contributed by atoms with van der Waals surface area (Å²) in [5.74, 6) is -1.02. The Morgan fingerprint density at radius 2 is 0.700 bits per heavy atom. The van der Waals surface area contributed by atoms with Gasteiger partial charge in [-0.25, -0.2) is 0 Å². The van der Waals surface area contributed by atoms with Gasteiger partial charge in [0.2, 0.25) is 0 Å². The predicted octanol–water partition coefficient (Wildman–Crippen LogP) is 16.0. The van der Waals surface area contributed by atoms with Gasteiger partial charge < -0.3 is 14.2 Å². The molecule has 0 saturated carbocycles. The molecule has 0 aromatic rings. The molecule has 0 bridgehead atoms. The van der Waals surface area contributed by atoms with Crippen molar-refractivity contribution in [2.24, 2.45) is 0 Å². The summed E-state index contributed by atoms with van der Waals surface area (Å²) in [6, 6.07) is 0. The first-order chi connectivity index (χ1) is 29.5. The molecule has 0 rings (SSSR count). The molecular formula is C54H90O6. The normalized spacial score (nSPS) is 12.8. The van der Waals surface area contributed by atoms with Crippen molar-refractivity contribution in [2.75, 3.05) is 13.2 Å². The van der Waals surface area contributed by atoms with Crippen LogP contribution in [0.3, 0.4) is 0 Å². The Kier molecular flexibility index (Phi) is 45.5. The summed E-state index contributed by atoms with van der Waals surface area (Å²) >= 11 is 0. The van der Waals surface area contributed by atoms with E-state index < -0.39 is 12.1 Å². The fraction of sp³-hybridized carbons (Fsp3) is 0.685. The largest absolute Gasteiger partial charge is 0.462 e. The van der Waals surface area contributed by atoms with Crippen LogP contribution in [0.2, 0.25) is 0 Å². The van der Waals surface area contributed by atoms with Crippen LogP contribution < -0.4 is 0 Å². The lowest BCUT2D eigenvalue weighted by molar-refractivity contribution is -0.166. The molecule has 0 aliphatic carbocycles. The van der Waals surface area contributed by atoms with Gasteiger partial charge >= 0.3 is 17.9 Å². The Bertz CT molecular complexity index is 1190. The van der Waals surface area contributed by atoms with Crippen molar-refractivity contribution in [3.63, 3.8) is 0 Å². The number of esters is 3. The first-order valence-electron chi connectivity index (χ1n) is 24.6. The third-order valence-electron chi connectivity index (χ3n) is 10.1. The van der Waals surface area contributed by atoms with Crippen LogP contribution in [0.4, 0.5) is 0 Å². The second-order valence-corrected chi connectivity index (χ2v) is 16.0. The maximum Gasteiger partial charge on any atom is 0.306 e. The second kappa shape index (κ2) is 48.3. The first-order valence-corrected chi connectivity index (χ1v) is 24.6. The van der Waals surface area contributed by atoms with Crippen molar-refractivity contribution in [1.82, 2.24) is 0 Å². The van der Waals surface area contributed by atoms with E-state index in [0.717, 1.165) is 89.9 Å². The monoisotopic (exact) mass is 835 g/mol. The molecule has 6 heteroatoms. The molecular weight excluding hydrogens is 745 g/mol. The topological polar surface area (TPSA) is 78.9 Å². The highest BCUT2D eigenvalue weighted by Crippen LogP contribution is 2.13. The molecule has 0 fully saturated rings. The molecule has 0 aromatic carbocycles. The molecule has 0 saturated heterocycles. The van der Waals surface area contributed by atoms with Crippen LogP contribution in [0.25, 0.3) is 0 Å². The molecule has 6 nitrogen and oxygen atoms in total. The Labute approximate surface area is 369 Å². The molecule has 60 heavy (non-hydrogen) atoms. The summed E-state index contributed by atoms with van der Waals surface area (Å²) in [7, 11) is 0. The smallest absolute Gasteiger partial charge is 0.306 e. The van der Waals surface area contributed by atoms with Crippen LogP contribution in [0.1, 0.15) is 220 Å². The van der Waals surface area contributed by atoms with Gasteiger partial charge in [-0.2, -0.15) is 0 Å². The molecule has 1 unspecified atom stereocenters. The summed E-state index contributed by atoms with van der Waals surface area (Å²) in [5, 5.41) is 0. The van der Waals surface area contributed by atoms with Crippen LogP contribution in [0.15, 0.2) is 85.1 Å². The number of hydrogen-bond acceptors (Lipinski definition) is 6. The van der Waals surface area contributed by atoms with E-state index in [4.69, 9.17) is 14.2 Å². The molecule has 0 radical (unpaired) electrons. The van der Waals surface area contributed by atoms with Gasteiger partial charge in [0.15, 0.2) is 6.10 Å². The van der Waals surface area contributed by atoms with E-state index in [2.05, 4.69) is 93.7 Å². The molecule has 0 N–H and O–H groups in total. The standard InChI is InChI=1S/C54H90O6/c1-4-7-10-13-16-19-22-24-25-26-27-28-30-32-35-38-41-44-47-53(56)59-50-51(49-58-52(55)46-43-40-37-34-31-21-18-15-12-9-6-3)60-54(57)48-45-42-39-36-33-29-23-20-17-14-11-8-5-2/h8,11,15,17-20,22,25-26,29,33,39,42,51H,4-7,9-10,12-14,16,21,23-24,27-28,30-32,34-38,40-41,43-50H2,1-3H3/b11-8-,18-15-,20-17-,22-19-,26-25-,33-29-,42-39-. The van der Waals surface area contributed by atoms with Crippen LogP contribution in [0, 0.1) is 0 Å². The number of unbranched alkanes of at least 4 members (excludes halogenated alkanes) is 18. The fourth-order valence-electron chi connectivity index (χ4n) is 6.41. The van der Waals surface area contributed by atoms with Gasteiger partial charge in [-0.3, -0.25) is 14.4 Å². The van der Waals surface area contributed by atoms with Gasteiger partial charge in [0.05, 0.1) is 0 Å². The van der Waals surface area contributed by atoms with Gasteiger partial charge in [-0.15, -0.1) is 0 Å². The van der Waals surface area contributed by atoms with Crippen molar-refractivity contribution < 1.29 is 28.6 Å².